The normalized spacial score (nSPS) is 29.3. The summed E-state index contributed by atoms with van der Waals surface area (Å²) in [4.78, 5) is 0. The predicted octanol–water partition coefficient (Wildman–Crippen LogP) is 4.02. The Morgan fingerprint density at radius 2 is 1.87 bits per heavy atom. The van der Waals surface area contributed by atoms with Crippen molar-refractivity contribution in [1.82, 2.24) is 0 Å². The van der Waals surface area contributed by atoms with Crippen molar-refractivity contribution in [1.29, 1.82) is 0 Å². The summed E-state index contributed by atoms with van der Waals surface area (Å²) < 4.78 is 1.03. The Kier molecular flexibility index (Phi) is 3.41. The third kappa shape index (κ3) is 2.38. The van der Waals surface area contributed by atoms with E-state index in [9.17, 15) is 5.11 Å². The van der Waals surface area contributed by atoms with Gasteiger partial charge in [0.15, 0.2) is 0 Å². The third-order valence-corrected chi connectivity index (χ3v) is 6.80. The van der Waals surface area contributed by atoms with Crippen LogP contribution in [-0.2, 0) is 0 Å². The van der Waals surface area contributed by atoms with Gasteiger partial charge in [0, 0.05) is 9.22 Å². The molecule has 82 valence electrons. The van der Waals surface area contributed by atoms with Crippen molar-refractivity contribution < 1.29 is 5.11 Å². The summed E-state index contributed by atoms with van der Waals surface area (Å²) in [6.07, 6.45) is -0.284. The average Bonchev–Trinajstić information content (AvgIpc) is 2.45. The summed E-state index contributed by atoms with van der Waals surface area (Å²) >= 11 is 3.42. The van der Waals surface area contributed by atoms with E-state index in [0.717, 1.165) is 4.47 Å². The summed E-state index contributed by atoms with van der Waals surface area (Å²) in [7, 11) is 3.54. The SMILES string of the molecule is CC1(C)SS[C@@H](c2ccc(Br)cc2)[C@H]1O. The minimum Gasteiger partial charge on any atom is -0.390 e. The lowest BCUT2D eigenvalue weighted by Gasteiger charge is -2.23. The van der Waals surface area contributed by atoms with E-state index < -0.39 is 0 Å². The molecule has 0 radical (unpaired) electrons. The van der Waals surface area contributed by atoms with Crippen LogP contribution in [0.2, 0.25) is 0 Å². The fourth-order valence-electron chi connectivity index (χ4n) is 1.53. The molecule has 1 heterocycles. The van der Waals surface area contributed by atoms with Crippen molar-refractivity contribution in [2.75, 3.05) is 0 Å². The van der Waals surface area contributed by atoms with Gasteiger partial charge in [-0.3, -0.25) is 0 Å². The van der Waals surface area contributed by atoms with E-state index in [2.05, 4.69) is 41.9 Å². The number of aliphatic hydroxyl groups excluding tert-OH is 1. The van der Waals surface area contributed by atoms with Crippen LogP contribution in [0.3, 0.4) is 0 Å². The lowest BCUT2D eigenvalue weighted by atomic mass is 9.98. The van der Waals surface area contributed by atoms with Crippen LogP contribution < -0.4 is 0 Å². The Hall–Kier alpha value is 0.360. The predicted molar refractivity (Wildman–Crippen MR) is 72.2 cm³/mol. The molecule has 0 amide bonds. The Bertz CT molecular complexity index is 350. The number of hydrogen-bond donors (Lipinski definition) is 1. The highest BCUT2D eigenvalue weighted by Gasteiger charge is 2.43. The Morgan fingerprint density at radius 1 is 1.27 bits per heavy atom. The molecule has 2 atom stereocenters. The van der Waals surface area contributed by atoms with Crippen LogP contribution in [0.4, 0.5) is 0 Å². The zero-order valence-electron chi connectivity index (χ0n) is 8.61. The van der Waals surface area contributed by atoms with E-state index >= 15 is 0 Å². The second-order valence-corrected chi connectivity index (χ2v) is 8.11. The zero-order chi connectivity index (χ0) is 11.1. The van der Waals surface area contributed by atoms with Gasteiger partial charge in [-0.25, -0.2) is 0 Å². The first-order chi connectivity index (χ1) is 7.00. The van der Waals surface area contributed by atoms with Gasteiger partial charge in [0.1, 0.15) is 0 Å². The Labute approximate surface area is 107 Å². The van der Waals surface area contributed by atoms with Gasteiger partial charge in [-0.2, -0.15) is 0 Å². The Morgan fingerprint density at radius 3 is 2.33 bits per heavy atom. The molecule has 1 aliphatic heterocycles. The van der Waals surface area contributed by atoms with Crippen LogP contribution >= 0.6 is 37.5 Å². The lowest BCUT2D eigenvalue weighted by molar-refractivity contribution is 0.143. The van der Waals surface area contributed by atoms with Crippen LogP contribution in [0.25, 0.3) is 0 Å². The molecule has 0 aromatic heterocycles. The van der Waals surface area contributed by atoms with Crippen molar-refractivity contribution >= 4 is 37.5 Å². The molecule has 1 saturated heterocycles. The van der Waals surface area contributed by atoms with Crippen molar-refractivity contribution in [3.63, 3.8) is 0 Å². The summed E-state index contributed by atoms with van der Waals surface area (Å²) in [5.41, 5.74) is 1.20. The van der Waals surface area contributed by atoms with Gasteiger partial charge >= 0.3 is 0 Å². The Balaban J connectivity index is 2.23. The molecule has 0 bridgehead atoms. The maximum atomic E-state index is 10.2. The van der Waals surface area contributed by atoms with E-state index in [0.29, 0.717) is 0 Å². The number of hydrogen-bond acceptors (Lipinski definition) is 3. The molecule has 0 saturated carbocycles. The average molecular weight is 305 g/mol. The highest BCUT2D eigenvalue weighted by molar-refractivity contribution is 9.10. The topological polar surface area (TPSA) is 20.2 Å². The van der Waals surface area contributed by atoms with E-state index in [1.54, 1.807) is 21.6 Å². The molecule has 1 aromatic carbocycles. The standard InChI is InChI=1S/C11H13BrOS2/c1-11(2)10(13)9(14-15-11)7-3-5-8(12)6-4-7/h3-6,9-10,13H,1-2H3/t9-,10+/m0/s1. The molecule has 1 fully saturated rings. The first-order valence-electron chi connectivity index (χ1n) is 4.79. The van der Waals surface area contributed by atoms with Gasteiger partial charge in [-0.15, -0.1) is 0 Å². The second kappa shape index (κ2) is 4.32. The molecule has 1 aromatic rings. The molecular weight excluding hydrogens is 292 g/mol. The van der Waals surface area contributed by atoms with Crippen LogP contribution in [-0.4, -0.2) is 16.0 Å². The summed E-state index contributed by atoms with van der Waals surface area (Å²) in [6, 6.07) is 8.21. The van der Waals surface area contributed by atoms with Crippen LogP contribution in [0.5, 0.6) is 0 Å². The van der Waals surface area contributed by atoms with Gasteiger partial charge in [0.05, 0.1) is 11.4 Å². The fourth-order valence-corrected chi connectivity index (χ4v) is 5.18. The number of halogens is 1. The molecule has 0 spiro atoms. The molecule has 4 heteroatoms. The minimum atomic E-state index is -0.284. The smallest absolute Gasteiger partial charge is 0.0857 e. The first-order valence-corrected chi connectivity index (χ1v) is 7.79. The number of rotatable bonds is 1. The molecule has 15 heavy (non-hydrogen) atoms. The van der Waals surface area contributed by atoms with Crippen molar-refractivity contribution in [2.45, 2.75) is 29.9 Å². The summed E-state index contributed by atoms with van der Waals surface area (Å²) in [5.74, 6) is 0. The maximum absolute atomic E-state index is 10.2. The zero-order valence-corrected chi connectivity index (χ0v) is 11.8. The van der Waals surface area contributed by atoms with Crippen LogP contribution in [0, 0.1) is 0 Å². The highest BCUT2D eigenvalue weighted by Crippen LogP contribution is 2.57. The monoisotopic (exact) mass is 304 g/mol. The van der Waals surface area contributed by atoms with Crippen molar-refractivity contribution in [2.24, 2.45) is 0 Å². The molecule has 1 N–H and O–H groups in total. The van der Waals surface area contributed by atoms with Gasteiger partial charge in [-0.05, 0) is 31.5 Å². The molecule has 0 unspecified atom stereocenters. The highest BCUT2D eigenvalue weighted by atomic mass is 79.9. The minimum absolute atomic E-state index is 0.0532. The van der Waals surface area contributed by atoms with Crippen molar-refractivity contribution in [3.8, 4) is 0 Å². The van der Waals surface area contributed by atoms with E-state index in [-0.39, 0.29) is 16.1 Å². The second-order valence-electron chi connectivity index (χ2n) is 4.20. The third-order valence-electron chi connectivity index (χ3n) is 2.56. The molecule has 2 rings (SSSR count). The van der Waals surface area contributed by atoms with Crippen LogP contribution in [0.15, 0.2) is 28.7 Å². The first kappa shape index (κ1) is 11.8. The van der Waals surface area contributed by atoms with Gasteiger partial charge in [0.2, 0.25) is 0 Å². The van der Waals surface area contributed by atoms with Crippen LogP contribution in [0.1, 0.15) is 24.7 Å². The van der Waals surface area contributed by atoms with Gasteiger partial charge < -0.3 is 5.11 Å². The molecule has 1 nitrogen and oxygen atoms in total. The fraction of sp³-hybridized carbons (Fsp3) is 0.455. The summed E-state index contributed by atoms with van der Waals surface area (Å²) in [6.45, 7) is 4.18. The molecular formula is C11H13BrOS2. The molecule has 0 aliphatic carbocycles. The van der Waals surface area contributed by atoms with Gasteiger partial charge in [-0.1, -0.05) is 49.7 Å². The summed E-state index contributed by atoms with van der Waals surface area (Å²) in [5, 5.41) is 10.4. The number of aliphatic hydroxyl groups is 1. The van der Waals surface area contributed by atoms with E-state index in [1.807, 2.05) is 12.1 Å². The largest absolute Gasteiger partial charge is 0.390 e. The molecule has 1 aliphatic rings. The van der Waals surface area contributed by atoms with Crippen molar-refractivity contribution in [3.05, 3.63) is 34.3 Å². The van der Waals surface area contributed by atoms with E-state index in [1.165, 1.54) is 5.56 Å². The van der Waals surface area contributed by atoms with Gasteiger partial charge in [0.25, 0.3) is 0 Å². The van der Waals surface area contributed by atoms with E-state index in [4.69, 9.17) is 0 Å². The quantitative estimate of drug-likeness (QED) is 0.791. The number of benzene rings is 1. The lowest BCUT2D eigenvalue weighted by Crippen LogP contribution is -2.31. The maximum Gasteiger partial charge on any atom is 0.0857 e.